The fraction of sp³-hybridized carbons (Fsp3) is 0.900. The molecule has 94 valence electrons. The fourth-order valence-electron chi connectivity index (χ4n) is 1.64. The van der Waals surface area contributed by atoms with E-state index in [1.165, 1.54) is 0 Å². The van der Waals surface area contributed by atoms with E-state index in [9.17, 15) is 13.6 Å². The van der Waals surface area contributed by atoms with Gasteiger partial charge in [-0.3, -0.25) is 4.79 Å². The van der Waals surface area contributed by atoms with Gasteiger partial charge in [-0.2, -0.15) is 0 Å². The molecule has 0 spiro atoms. The molecule has 0 saturated carbocycles. The number of halogens is 2. The van der Waals surface area contributed by atoms with Crippen LogP contribution in [-0.2, 0) is 9.53 Å². The SMILES string of the molecule is NC1CCN(C(=O)CCOCC(F)F)CC1. The summed E-state index contributed by atoms with van der Waals surface area (Å²) in [7, 11) is 0. The highest BCUT2D eigenvalue weighted by atomic mass is 19.3. The van der Waals surface area contributed by atoms with Crippen LogP contribution < -0.4 is 5.73 Å². The number of nitrogens with zero attached hydrogens (tertiary/aromatic N) is 1. The lowest BCUT2D eigenvalue weighted by Crippen LogP contribution is -2.43. The molecule has 1 heterocycles. The van der Waals surface area contributed by atoms with Crippen LogP contribution >= 0.6 is 0 Å². The van der Waals surface area contributed by atoms with Crippen LogP contribution in [0.1, 0.15) is 19.3 Å². The van der Waals surface area contributed by atoms with Crippen molar-refractivity contribution < 1.29 is 18.3 Å². The molecule has 1 rings (SSSR count). The summed E-state index contributed by atoms with van der Waals surface area (Å²) in [6, 6.07) is 0.180. The van der Waals surface area contributed by atoms with Gasteiger partial charge in [0.1, 0.15) is 6.61 Å². The van der Waals surface area contributed by atoms with Gasteiger partial charge in [0.05, 0.1) is 13.0 Å². The van der Waals surface area contributed by atoms with Crippen molar-refractivity contribution in [1.29, 1.82) is 0 Å². The third kappa shape index (κ3) is 4.85. The van der Waals surface area contributed by atoms with Crippen LogP contribution in [0.5, 0.6) is 0 Å². The maximum Gasteiger partial charge on any atom is 0.261 e. The zero-order valence-corrected chi connectivity index (χ0v) is 9.20. The van der Waals surface area contributed by atoms with Crippen molar-refractivity contribution in [2.45, 2.75) is 31.7 Å². The second-order valence-electron chi connectivity index (χ2n) is 3.93. The summed E-state index contributed by atoms with van der Waals surface area (Å²) in [6.07, 6.45) is -0.682. The van der Waals surface area contributed by atoms with Crippen LogP contribution in [0.2, 0.25) is 0 Å². The predicted octanol–water partition coefficient (Wildman–Crippen LogP) is 0.608. The maximum atomic E-state index is 11.7. The Morgan fingerprint density at radius 3 is 2.62 bits per heavy atom. The number of amides is 1. The molecule has 1 saturated heterocycles. The Balaban J connectivity index is 2.10. The molecule has 1 aliphatic heterocycles. The summed E-state index contributed by atoms with van der Waals surface area (Å²) >= 11 is 0. The molecule has 0 bridgehead atoms. The minimum Gasteiger partial charge on any atom is -0.375 e. The lowest BCUT2D eigenvalue weighted by atomic mass is 10.1. The molecule has 0 atom stereocenters. The average molecular weight is 236 g/mol. The average Bonchev–Trinajstić information content (AvgIpc) is 2.25. The summed E-state index contributed by atoms with van der Waals surface area (Å²) in [5, 5.41) is 0. The van der Waals surface area contributed by atoms with Gasteiger partial charge in [-0.1, -0.05) is 0 Å². The topological polar surface area (TPSA) is 55.6 Å². The number of carbonyl (C=O) groups is 1. The molecule has 4 nitrogen and oxygen atoms in total. The molecular formula is C10H18F2N2O2. The first-order chi connectivity index (χ1) is 7.59. The van der Waals surface area contributed by atoms with Crippen LogP contribution in [-0.4, -0.2) is 49.6 Å². The number of piperidine rings is 1. The molecule has 0 aromatic carbocycles. The van der Waals surface area contributed by atoms with Gasteiger partial charge in [-0.25, -0.2) is 8.78 Å². The fourth-order valence-corrected chi connectivity index (χ4v) is 1.64. The highest BCUT2D eigenvalue weighted by molar-refractivity contribution is 5.76. The second kappa shape index (κ2) is 6.75. The van der Waals surface area contributed by atoms with Gasteiger partial charge in [0.2, 0.25) is 5.91 Å². The lowest BCUT2D eigenvalue weighted by molar-refractivity contribution is -0.133. The lowest BCUT2D eigenvalue weighted by Gasteiger charge is -2.30. The summed E-state index contributed by atoms with van der Waals surface area (Å²) in [5.41, 5.74) is 5.71. The number of carbonyl (C=O) groups excluding carboxylic acids is 1. The van der Waals surface area contributed by atoms with E-state index in [2.05, 4.69) is 4.74 Å². The zero-order chi connectivity index (χ0) is 12.0. The van der Waals surface area contributed by atoms with Crippen molar-refractivity contribution >= 4 is 5.91 Å². The Morgan fingerprint density at radius 1 is 1.44 bits per heavy atom. The number of alkyl halides is 2. The number of likely N-dealkylation sites (tertiary alicyclic amines) is 1. The van der Waals surface area contributed by atoms with E-state index in [1.807, 2.05) is 0 Å². The normalized spacial score (nSPS) is 18.1. The first kappa shape index (κ1) is 13.3. The number of hydrogen-bond donors (Lipinski definition) is 1. The van der Waals surface area contributed by atoms with Gasteiger partial charge in [-0.15, -0.1) is 0 Å². The Hall–Kier alpha value is -0.750. The zero-order valence-electron chi connectivity index (χ0n) is 9.20. The van der Waals surface area contributed by atoms with Crippen LogP contribution in [0.15, 0.2) is 0 Å². The van der Waals surface area contributed by atoms with E-state index >= 15 is 0 Å². The maximum absolute atomic E-state index is 11.7. The Labute approximate surface area is 93.7 Å². The molecule has 0 aliphatic carbocycles. The smallest absolute Gasteiger partial charge is 0.261 e. The molecule has 0 unspecified atom stereocenters. The van der Waals surface area contributed by atoms with Crippen LogP contribution in [0, 0.1) is 0 Å². The number of hydrogen-bond acceptors (Lipinski definition) is 3. The molecule has 1 aliphatic rings. The van der Waals surface area contributed by atoms with E-state index in [0.717, 1.165) is 12.8 Å². The minimum absolute atomic E-state index is 0.0406. The Bertz CT molecular complexity index is 219. The van der Waals surface area contributed by atoms with E-state index in [4.69, 9.17) is 5.73 Å². The Kier molecular flexibility index (Phi) is 5.62. The van der Waals surface area contributed by atoms with Gasteiger partial charge < -0.3 is 15.4 Å². The van der Waals surface area contributed by atoms with Crippen molar-refractivity contribution in [2.24, 2.45) is 5.73 Å². The van der Waals surface area contributed by atoms with Gasteiger partial charge in [0.25, 0.3) is 6.43 Å². The molecule has 2 N–H and O–H groups in total. The third-order valence-corrected chi connectivity index (χ3v) is 2.60. The van der Waals surface area contributed by atoms with Crippen molar-refractivity contribution in [3.8, 4) is 0 Å². The summed E-state index contributed by atoms with van der Waals surface area (Å²) in [6.45, 7) is 0.785. The van der Waals surface area contributed by atoms with Gasteiger partial charge >= 0.3 is 0 Å². The minimum atomic E-state index is -2.47. The van der Waals surface area contributed by atoms with Crippen molar-refractivity contribution in [3.05, 3.63) is 0 Å². The van der Waals surface area contributed by atoms with Crippen LogP contribution in [0.25, 0.3) is 0 Å². The second-order valence-corrected chi connectivity index (χ2v) is 3.93. The van der Waals surface area contributed by atoms with E-state index in [-0.39, 0.29) is 25.0 Å². The number of rotatable bonds is 5. The molecule has 0 aromatic heterocycles. The predicted molar refractivity (Wildman–Crippen MR) is 55.2 cm³/mol. The quantitative estimate of drug-likeness (QED) is 0.711. The van der Waals surface area contributed by atoms with Gasteiger partial charge in [0.15, 0.2) is 0 Å². The van der Waals surface area contributed by atoms with Crippen molar-refractivity contribution in [1.82, 2.24) is 4.90 Å². The monoisotopic (exact) mass is 236 g/mol. The van der Waals surface area contributed by atoms with E-state index in [0.29, 0.717) is 13.1 Å². The molecule has 1 amide bonds. The van der Waals surface area contributed by atoms with Crippen LogP contribution in [0.3, 0.4) is 0 Å². The molecular weight excluding hydrogens is 218 g/mol. The molecule has 16 heavy (non-hydrogen) atoms. The largest absolute Gasteiger partial charge is 0.375 e. The van der Waals surface area contributed by atoms with E-state index in [1.54, 1.807) is 4.90 Å². The van der Waals surface area contributed by atoms with Gasteiger partial charge in [0, 0.05) is 19.1 Å². The summed E-state index contributed by atoms with van der Waals surface area (Å²) in [4.78, 5) is 13.3. The highest BCUT2D eigenvalue weighted by Crippen LogP contribution is 2.09. The molecule has 6 heteroatoms. The molecule has 0 aromatic rings. The third-order valence-electron chi connectivity index (χ3n) is 2.60. The number of ether oxygens (including phenoxy) is 1. The van der Waals surface area contributed by atoms with Crippen molar-refractivity contribution in [2.75, 3.05) is 26.3 Å². The van der Waals surface area contributed by atoms with E-state index < -0.39 is 13.0 Å². The van der Waals surface area contributed by atoms with Gasteiger partial charge in [-0.05, 0) is 12.8 Å². The summed E-state index contributed by atoms with van der Waals surface area (Å²) < 4.78 is 28.1. The first-order valence-corrected chi connectivity index (χ1v) is 5.49. The standard InChI is InChI=1S/C10H18F2N2O2/c11-9(12)7-16-6-3-10(15)14-4-1-8(13)2-5-14/h8-9H,1-7,13H2. The number of nitrogens with two attached hydrogens (primary N) is 1. The first-order valence-electron chi connectivity index (χ1n) is 5.49. The highest BCUT2D eigenvalue weighted by Gasteiger charge is 2.20. The molecule has 1 fully saturated rings. The Morgan fingerprint density at radius 2 is 2.06 bits per heavy atom. The molecule has 0 radical (unpaired) electrons. The summed E-state index contributed by atoms with van der Waals surface area (Å²) in [5.74, 6) is -0.0406. The van der Waals surface area contributed by atoms with Crippen LogP contribution in [0.4, 0.5) is 8.78 Å². The van der Waals surface area contributed by atoms with Crippen molar-refractivity contribution in [3.63, 3.8) is 0 Å².